The zero-order valence-corrected chi connectivity index (χ0v) is 11.9. The monoisotopic (exact) mass is 339 g/mol. The summed E-state index contributed by atoms with van der Waals surface area (Å²) >= 11 is 11.6. The van der Waals surface area contributed by atoms with Crippen LogP contribution >= 0.6 is 23.2 Å². The summed E-state index contributed by atoms with van der Waals surface area (Å²) in [6, 6.07) is 1.36. The largest absolute Gasteiger partial charge is 0.372 e. The van der Waals surface area contributed by atoms with Gasteiger partial charge in [-0.25, -0.2) is 22.5 Å². The molecule has 0 fully saturated rings. The third-order valence-corrected chi connectivity index (χ3v) is 3.10. The van der Waals surface area contributed by atoms with E-state index in [4.69, 9.17) is 23.2 Å². The summed E-state index contributed by atoms with van der Waals surface area (Å²) in [5.74, 6) is -6.32. The van der Waals surface area contributed by atoms with Crippen LogP contribution in [0.4, 0.5) is 34.9 Å². The van der Waals surface area contributed by atoms with Crippen molar-refractivity contribution in [2.45, 2.75) is 0 Å². The van der Waals surface area contributed by atoms with E-state index >= 15 is 0 Å². The van der Waals surface area contributed by atoms with Crippen molar-refractivity contribution >= 4 is 40.5 Å². The van der Waals surface area contributed by atoms with Crippen molar-refractivity contribution in [1.82, 2.24) is 4.98 Å². The number of halogens is 6. The molecule has 0 aliphatic rings. The molecule has 0 atom stereocenters. The molecule has 9 heteroatoms. The predicted molar refractivity (Wildman–Crippen MR) is 73.4 cm³/mol. The molecule has 2 rings (SSSR count). The maximum atomic E-state index is 13.6. The first-order chi connectivity index (χ1) is 9.85. The molecule has 2 N–H and O–H groups in total. The van der Waals surface area contributed by atoms with Crippen LogP contribution in [0.3, 0.4) is 0 Å². The lowest BCUT2D eigenvalue weighted by Gasteiger charge is -2.12. The van der Waals surface area contributed by atoms with Gasteiger partial charge < -0.3 is 10.6 Å². The van der Waals surface area contributed by atoms with Gasteiger partial charge in [-0.05, 0) is 6.07 Å². The maximum Gasteiger partial charge on any atom is 0.185 e. The molecule has 0 bridgehead atoms. The number of nitrogens with one attached hydrogen (secondary N) is 2. The van der Waals surface area contributed by atoms with Gasteiger partial charge in [0.05, 0.1) is 10.0 Å². The van der Waals surface area contributed by atoms with Crippen LogP contribution in [0, 0.1) is 23.3 Å². The van der Waals surface area contributed by atoms with E-state index in [1.165, 1.54) is 13.1 Å². The first kappa shape index (κ1) is 15.7. The Morgan fingerprint density at radius 2 is 1.43 bits per heavy atom. The van der Waals surface area contributed by atoms with E-state index in [-0.39, 0.29) is 27.7 Å². The molecule has 0 spiro atoms. The zero-order valence-electron chi connectivity index (χ0n) is 10.4. The van der Waals surface area contributed by atoms with Crippen LogP contribution in [-0.4, -0.2) is 12.0 Å². The van der Waals surface area contributed by atoms with Crippen LogP contribution in [0.15, 0.2) is 12.1 Å². The lowest BCUT2D eigenvalue weighted by Crippen LogP contribution is -2.05. The van der Waals surface area contributed by atoms with Crippen LogP contribution in [0.2, 0.25) is 10.0 Å². The van der Waals surface area contributed by atoms with Crippen LogP contribution in [0.5, 0.6) is 0 Å². The third-order valence-electron chi connectivity index (χ3n) is 2.52. The number of nitrogens with zero attached hydrogens (tertiary/aromatic N) is 1. The third kappa shape index (κ3) is 2.98. The maximum absolute atomic E-state index is 13.6. The fraction of sp³-hybridized carbons (Fsp3) is 0.0833. The molecule has 112 valence electrons. The fourth-order valence-corrected chi connectivity index (χ4v) is 2.03. The van der Waals surface area contributed by atoms with Crippen molar-refractivity contribution in [2.24, 2.45) is 0 Å². The van der Waals surface area contributed by atoms with E-state index < -0.39 is 29.0 Å². The van der Waals surface area contributed by atoms with Gasteiger partial charge in [-0.2, -0.15) is 0 Å². The quantitative estimate of drug-likeness (QED) is 0.627. The highest BCUT2D eigenvalue weighted by Gasteiger charge is 2.21. The minimum absolute atomic E-state index is 0.0810. The minimum Gasteiger partial charge on any atom is -0.372 e. The number of hydrogen-bond acceptors (Lipinski definition) is 3. The zero-order chi connectivity index (χ0) is 15.7. The number of anilines is 3. The molecule has 0 saturated carbocycles. The molecule has 1 aromatic carbocycles. The molecule has 1 heterocycles. The van der Waals surface area contributed by atoms with Crippen LogP contribution < -0.4 is 10.6 Å². The Balaban J connectivity index is 2.53. The first-order valence-electron chi connectivity index (χ1n) is 5.49. The molecule has 0 aliphatic carbocycles. The lowest BCUT2D eigenvalue weighted by atomic mass is 10.2. The lowest BCUT2D eigenvalue weighted by molar-refractivity contribution is 0.459. The number of aromatic nitrogens is 1. The summed E-state index contributed by atoms with van der Waals surface area (Å²) in [6.07, 6.45) is 0. The van der Waals surface area contributed by atoms with E-state index in [0.717, 1.165) is 0 Å². The highest BCUT2D eigenvalue weighted by atomic mass is 35.5. The van der Waals surface area contributed by atoms with Crippen molar-refractivity contribution < 1.29 is 17.6 Å². The molecular formula is C12H7Cl2F4N3. The first-order valence-corrected chi connectivity index (χ1v) is 6.24. The summed E-state index contributed by atoms with van der Waals surface area (Å²) in [4.78, 5) is 3.86. The number of benzene rings is 1. The van der Waals surface area contributed by atoms with Gasteiger partial charge >= 0.3 is 0 Å². The molecular weight excluding hydrogens is 333 g/mol. The molecule has 0 saturated heterocycles. The highest BCUT2D eigenvalue weighted by Crippen LogP contribution is 2.33. The summed E-state index contributed by atoms with van der Waals surface area (Å²) in [7, 11) is 1.51. The number of hydrogen-bond donors (Lipinski definition) is 2. The van der Waals surface area contributed by atoms with Crippen molar-refractivity contribution in [1.29, 1.82) is 0 Å². The molecule has 2 aromatic rings. The summed E-state index contributed by atoms with van der Waals surface area (Å²) < 4.78 is 53.4. The Kier molecular flexibility index (Phi) is 4.43. The van der Waals surface area contributed by atoms with Gasteiger partial charge in [0.1, 0.15) is 11.5 Å². The van der Waals surface area contributed by atoms with E-state index in [0.29, 0.717) is 0 Å². The number of pyridine rings is 1. The Hall–Kier alpha value is -1.73. The molecule has 0 radical (unpaired) electrons. The Morgan fingerprint density at radius 1 is 0.905 bits per heavy atom. The average Bonchev–Trinajstić information content (AvgIpc) is 2.43. The minimum atomic E-state index is -1.59. The van der Waals surface area contributed by atoms with Crippen LogP contribution in [0.1, 0.15) is 0 Å². The Labute approximate surface area is 126 Å². The van der Waals surface area contributed by atoms with Gasteiger partial charge in [0, 0.05) is 13.1 Å². The van der Waals surface area contributed by atoms with Crippen LogP contribution in [-0.2, 0) is 0 Å². The van der Waals surface area contributed by atoms with Crippen molar-refractivity contribution in [3.05, 3.63) is 45.4 Å². The Bertz CT molecular complexity index is 683. The van der Waals surface area contributed by atoms with Gasteiger partial charge in [-0.15, -0.1) is 0 Å². The second-order valence-corrected chi connectivity index (χ2v) is 4.68. The van der Waals surface area contributed by atoms with Gasteiger partial charge in [0.25, 0.3) is 0 Å². The molecule has 3 nitrogen and oxygen atoms in total. The average molecular weight is 340 g/mol. The van der Waals surface area contributed by atoms with Crippen molar-refractivity contribution in [2.75, 3.05) is 17.7 Å². The van der Waals surface area contributed by atoms with E-state index in [1.54, 1.807) is 0 Å². The SMILES string of the molecule is CNc1nc(Nc2c(F)c(F)cc(F)c2F)c(Cl)cc1Cl. The van der Waals surface area contributed by atoms with Gasteiger partial charge in [0.15, 0.2) is 29.1 Å². The standard InChI is InChI=1S/C12H7Cl2F4N3/c1-19-11-4(13)2-5(14)12(21-11)20-10-8(17)6(15)3-7(16)9(10)18/h2-3H,1H3,(H2,19,20,21). The normalized spacial score (nSPS) is 10.6. The second-order valence-electron chi connectivity index (χ2n) is 3.87. The molecule has 1 aromatic heterocycles. The van der Waals surface area contributed by atoms with Gasteiger partial charge in [-0.1, -0.05) is 23.2 Å². The summed E-state index contributed by atoms with van der Waals surface area (Å²) in [5.41, 5.74) is -1.04. The van der Waals surface area contributed by atoms with E-state index in [1.807, 2.05) is 0 Å². The number of rotatable bonds is 3. The van der Waals surface area contributed by atoms with Gasteiger partial charge in [0.2, 0.25) is 0 Å². The van der Waals surface area contributed by atoms with Crippen molar-refractivity contribution in [3.8, 4) is 0 Å². The van der Waals surface area contributed by atoms with E-state index in [9.17, 15) is 17.6 Å². The molecule has 0 amide bonds. The second kappa shape index (κ2) is 5.95. The summed E-state index contributed by atoms with van der Waals surface area (Å²) in [6.45, 7) is 0. The molecule has 21 heavy (non-hydrogen) atoms. The molecule has 0 aliphatic heterocycles. The van der Waals surface area contributed by atoms with Gasteiger partial charge in [-0.3, -0.25) is 0 Å². The van der Waals surface area contributed by atoms with E-state index in [2.05, 4.69) is 15.6 Å². The fourth-order valence-electron chi connectivity index (χ4n) is 1.53. The summed E-state index contributed by atoms with van der Waals surface area (Å²) in [5, 5.41) is 4.83. The smallest absolute Gasteiger partial charge is 0.185 e. The Morgan fingerprint density at radius 3 is 1.95 bits per heavy atom. The van der Waals surface area contributed by atoms with Crippen molar-refractivity contribution in [3.63, 3.8) is 0 Å². The predicted octanol–water partition coefficient (Wildman–Crippen LogP) is 4.73. The highest BCUT2D eigenvalue weighted by molar-refractivity contribution is 6.37. The molecule has 0 unspecified atom stereocenters. The van der Waals surface area contributed by atoms with Crippen LogP contribution in [0.25, 0.3) is 0 Å². The topological polar surface area (TPSA) is 37.0 Å².